The number of nitrogens with zero attached hydrogens (tertiary/aromatic N) is 2. The second-order valence-electron chi connectivity index (χ2n) is 9.95. The Morgan fingerprint density at radius 1 is 1.23 bits per heavy atom. The average Bonchev–Trinajstić information content (AvgIpc) is 3.11. The van der Waals surface area contributed by atoms with Crippen molar-refractivity contribution in [2.45, 2.75) is 56.1 Å². The molecule has 5 rings (SSSR count). The van der Waals surface area contributed by atoms with Gasteiger partial charge in [-0.05, 0) is 35.9 Å². The molecule has 3 atom stereocenters. The predicted molar refractivity (Wildman–Crippen MR) is 145 cm³/mol. The number of carbonyl (C=O) groups is 2. The van der Waals surface area contributed by atoms with Gasteiger partial charge in [-0.1, -0.05) is 36.9 Å². The summed E-state index contributed by atoms with van der Waals surface area (Å²) in [5, 5.41) is 4.45. The molecule has 1 amide bonds. The molecule has 1 saturated heterocycles. The summed E-state index contributed by atoms with van der Waals surface area (Å²) < 4.78 is 69.4. The third-order valence-electron chi connectivity index (χ3n) is 7.23. The second kappa shape index (κ2) is 10.5. The lowest BCUT2D eigenvalue weighted by atomic mass is 9.77. The molecule has 2 N–H and O–H groups in total. The molecule has 1 saturated carbocycles. The molecule has 1 aromatic carbocycles. The number of Topliss-reactive ketones (excluding diaryl/α,β-unsaturated/α-hetero) is 1. The highest BCUT2D eigenvalue weighted by Gasteiger charge is 2.51. The Labute approximate surface area is 234 Å². The van der Waals surface area contributed by atoms with Gasteiger partial charge in [-0.25, -0.2) is 17.5 Å². The number of piperidine rings is 1. The largest absolute Gasteiger partial charge is 0.334 e. The summed E-state index contributed by atoms with van der Waals surface area (Å²) >= 11 is 6.98. The number of rotatable bonds is 6. The predicted octanol–water partition coefficient (Wildman–Crippen LogP) is 3.28. The van der Waals surface area contributed by atoms with Crippen molar-refractivity contribution in [1.29, 1.82) is 0 Å². The van der Waals surface area contributed by atoms with E-state index in [1.165, 1.54) is 23.6 Å². The minimum Gasteiger partial charge on any atom is -0.334 e. The van der Waals surface area contributed by atoms with Crippen LogP contribution in [0.2, 0.25) is 5.02 Å². The van der Waals surface area contributed by atoms with Crippen molar-refractivity contribution in [1.82, 2.24) is 9.62 Å². The van der Waals surface area contributed by atoms with Gasteiger partial charge in [0.25, 0.3) is 10.0 Å². The Hall–Kier alpha value is -2.39. The number of nitrogens with one attached hydrogen (secondary N) is 2. The van der Waals surface area contributed by atoms with Crippen LogP contribution in [-0.2, 0) is 42.7 Å². The van der Waals surface area contributed by atoms with Crippen LogP contribution in [0.4, 0.5) is 9.39 Å². The summed E-state index contributed by atoms with van der Waals surface area (Å²) in [6, 6.07) is 3.80. The maximum atomic E-state index is 13.9. The number of fused-ring (bicyclic) bond motifs is 2. The van der Waals surface area contributed by atoms with E-state index in [0.717, 1.165) is 36.9 Å². The van der Waals surface area contributed by atoms with E-state index < -0.39 is 43.6 Å². The SMILES string of the molecule is CS(=O)(=O)NCc1csc2c1S(=O)(=O)N=C(C1C(=O)C3CCCCCC3N(Cc3ccc(F)c(Cl)c3)C1=O)N2. The molecular formula is C24H26ClFN4O6S3. The number of hydrogen-bond acceptors (Lipinski definition) is 8. The van der Waals surface area contributed by atoms with E-state index in [0.29, 0.717) is 18.4 Å². The first-order valence-corrected chi connectivity index (χ1v) is 16.9. The number of halogens is 2. The molecule has 1 aliphatic carbocycles. The third-order valence-corrected chi connectivity index (χ3v) is 10.7. The van der Waals surface area contributed by atoms with Gasteiger partial charge in [-0.2, -0.15) is 8.42 Å². The van der Waals surface area contributed by atoms with Gasteiger partial charge in [0.15, 0.2) is 11.7 Å². The number of carbonyl (C=O) groups excluding carboxylic acids is 2. The van der Waals surface area contributed by atoms with Crippen LogP contribution in [0.1, 0.15) is 43.2 Å². The number of amides is 1. The van der Waals surface area contributed by atoms with Crippen molar-refractivity contribution in [3.8, 4) is 0 Å². The first-order chi connectivity index (χ1) is 18.4. The lowest BCUT2D eigenvalue weighted by Crippen LogP contribution is -2.59. The number of anilines is 1. The Morgan fingerprint density at radius 2 is 1.97 bits per heavy atom. The lowest BCUT2D eigenvalue weighted by Gasteiger charge is -2.43. The van der Waals surface area contributed by atoms with E-state index in [1.54, 1.807) is 4.90 Å². The van der Waals surface area contributed by atoms with E-state index in [9.17, 15) is 30.8 Å². The van der Waals surface area contributed by atoms with Gasteiger partial charge in [0, 0.05) is 30.6 Å². The number of hydrogen-bond donors (Lipinski definition) is 2. The summed E-state index contributed by atoms with van der Waals surface area (Å²) in [6.07, 6.45) is 4.68. The topological polar surface area (TPSA) is 142 Å². The van der Waals surface area contributed by atoms with Gasteiger partial charge in [-0.3, -0.25) is 9.59 Å². The van der Waals surface area contributed by atoms with Crippen molar-refractivity contribution >= 4 is 65.5 Å². The van der Waals surface area contributed by atoms with Crippen LogP contribution >= 0.6 is 22.9 Å². The molecular weight excluding hydrogens is 591 g/mol. The van der Waals surface area contributed by atoms with Crippen LogP contribution < -0.4 is 10.0 Å². The van der Waals surface area contributed by atoms with Crippen LogP contribution in [0.25, 0.3) is 0 Å². The third kappa shape index (κ3) is 5.62. The zero-order valence-electron chi connectivity index (χ0n) is 20.8. The molecule has 0 bridgehead atoms. The quantitative estimate of drug-likeness (QED) is 0.474. The summed E-state index contributed by atoms with van der Waals surface area (Å²) in [7, 11) is -7.93. The normalized spacial score (nSPS) is 24.8. The summed E-state index contributed by atoms with van der Waals surface area (Å²) in [5.41, 5.74) is 0.788. The van der Waals surface area contributed by atoms with Crippen molar-refractivity contribution in [3.63, 3.8) is 0 Å². The molecule has 2 aromatic rings. The molecule has 2 aliphatic heterocycles. The van der Waals surface area contributed by atoms with Gasteiger partial charge in [0.2, 0.25) is 15.9 Å². The van der Waals surface area contributed by atoms with Crippen LogP contribution in [0.5, 0.6) is 0 Å². The number of sulfonamides is 2. The summed E-state index contributed by atoms with van der Waals surface area (Å²) in [5.74, 6) is -3.77. The van der Waals surface area contributed by atoms with Gasteiger partial charge in [-0.15, -0.1) is 15.7 Å². The number of thiophene rings is 1. The van der Waals surface area contributed by atoms with Crippen LogP contribution in [-0.4, -0.2) is 51.6 Å². The number of ketones is 1. The first-order valence-electron chi connectivity index (χ1n) is 12.3. The van der Waals surface area contributed by atoms with E-state index in [2.05, 4.69) is 14.4 Å². The van der Waals surface area contributed by atoms with E-state index >= 15 is 0 Å². The minimum atomic E-state index is -4.35. The van der Waals surface area contributed by atoms with Crippen molar-refractivity contribution in [3.05, 3.63) is 45.5 Å². The zero-order chi connectivity index (χ0) is 28.1. The maximum Gasteiger partial charge on any atom is 0.287 e. The van der Waals surface area contributed by atoms with Gasteiger partial charge >= 0.3 is 0 Å². The van der Waals surface area contributed by atoms with Gasteiger partial charge < -0.3 is 10.2 Å². The Kier molecular flexibility index (Phi) is 7.61. The molecule has 2 fully saturated rings. The fourth-order valence-electron chi connectivity index (χ4n) is 5.46. The molecule has 3 unspecified atom stereocenters. The number of likely N-dealkylation sites (tertiary alicyclic amines) is 1. The molecule has 10 nitrogen and oxygen atoms in total. The van der Waals surface area contributed by atoms with Crippen LogP contribution in [0.15, 0.2) is 32.9 Å². The van der Waals surface area contributed by atoms with E-state index in [4.69, 9.17) is 11.6 Å². The lowest BCUT2D eigenvalue weighted by molar-refractivity contribution is -0.151. The molecule has 0 radical (unpaired) electrons. The molecule has 3 aliphatic rings. The Morgan fingerprint density at radius 3 is 2.69 bits per heavy atom. The molecule has 0 spiro atoms. The van der Waals surface area contributed by atoms with Crippen molar-refractivity contribution < 1.29 is 30.8 Å². The second-order valence-corrected chi connectivity index (χ2v) is 14.6. The maximum absolute atomic E-state index is 13.9. The Bertz CT molecular complexity index is 1590. The highest BCUT2D eigenvalue weighted by atomic mass is 35.5. The van der Waals surface area contributed by atoms with Gasteiger partial charge in [0.05, 0.1) is 11.3 Å². The van der Waals surface area contributed by atoms with Crippen LogP contribution in [0.3, 0.4) is 0 Å². The molecule has 15 heteroatoms. The van der Waals surface area contributed by atoms with Crippen molar-refractivity contribution in [2.75, 3.05) is 11.6 Å². The molecule has 1 aromatic heterocycles. The molecule has 210 valence electrons. The highest BCUT2D eigenvalue weighted by molar-refractivity contribution is 7.91. The molecule has 39 heavy (non-hydrogen) atoms. The van der Waals surface area contributed by atoms with E-state index in [1.807, 2.05) is 0 Å². The standard InChI is InChI=1S/C24H26ClFN4O6S3/c1-38(33,34)27-10-14-12-37-23-21(14)39(35,36)29-22(28-23)19-20(31)15-5-3-2-4-6-18(15)30(24(19)32)11-13-7-8-17(26)16(25)9-13/h7-9,12,15,18-19,27H,2-6,10-11H2,1H3,(H,28,29). The fraction of sp³-hybridized carbons (Fsp3) is 0.458. The van der Waals surface area contributed by atoms with E-state index in [-0.39, 0.29) is 51.2 Å². The Balaban J connectivity index is 1.50. The minimum absolute atomic E-state index is 0.0787. The smallest absolute Gasteiger partial charge is 0.287 e. The first kappa shape index (κ1) is 28.1. The summed E-state index contributed by atoms with van der Waals surface area (Å²) in [4.78, 5) is 29.1. The van der Waals surface area contributed by atoms with Crippen LogP contribution in [0, 0.1) is 17.7 Å². The summed E-state index contributed by atoms with van der Waals surface area (Å²) in [6.45, 7) is -0.176. The average molecular weight is 617 g/mol. The molecule has 3 heterocycles. The fourth-order valence-corrected chi connectivity index (χ4v) is 8.73. The number of benzene rings is 1. The highest BCUT2D eigenvalue weighted by Crippen LogP contribution is 2.41. The van der Waals surface area contributed by atoms with Crippen molar-refractivity contribution in [2.24, 2.45) is 16.2 Å². The van der Waals surface area contributed by atoms with Gasteiger partial charge in [0.1, 0.15) is 21.5 Å². The monoisotopic (exact) mass is 616 g/mol. The zero-order valence-corrected chi connectivity index (χ0v) is 24.0. The number of amidine groups is 1.